The molecule has 2 saturated carbocycles. The van der Waals surface area contributed by atoms with Crippen molar-refractivity contribution in [2.45, 2.75) is 51.1 Å². The van der Waals surface area contributed by atoms with Gasteiger partial charge in [0.05, 0.1) is 5.41 Å². The van der Waals surface area contributed by atoms with Crippen LogP contribution < -0.4 is 16.0 Å². The van der Waals surface area contributed by atoms with Crippen molar-refractivity contribution in [1.29, 1.82) is 0 Å². The zero-order valence-corrected chi connectivity index (χ0v) is 11.6. The number of hydrogen-bond acceptors (Lipinski definition) is 3. The summed E-state index contributed by atoms with van der Waals surface area (Å²) in [5.74, 6) is -1.08. The highest BCUT2D eigenvalue weighted by Crippen LogP contribution is 2.40. The Morgan fingerprint density at radius 3 is 2.40 bits per heavy atom. The smallest absolute Gasteiger partial charge is 0.315 e. The summed E-state index contributed by atoms with van der Waals surface area (Å²) in [6, 6.07) is -0.881. The van der Waals surface area contributed by atoms with E-state index in [1.165, 1.54) is 0 Å². The van der Waals surface area contributed by atoms with E-state index in [1.807, 2.05) is 0 Å². The minimum Gasteiger partial charge on any atom is -0.481 e. The highest BCUT2D eigenvalue weighted by atomic mass is 16.4. The van der Waals surface area contributed by atoms with Crippen molar-refractivity contribution in [2.24, 2.45) is 5.41 Å². The van der Waals surface area contributed by atoms with E-state index in [9.17, 15) is 14.4 Å². The first-order chi connectivity index (χ1) is 9.43. The lowest BCUT2D eigenvalue weighted by atomic mass is 9.69. The van der Waals surface area contributed by atoms with E-state index in [0.29, 0.717) is 12.8 Å². The van der Waals surface area contributed by atoms with Gasteiger partial charge in [-0.25, -0.2) is 4.79 Å². The molecule has 20 heavy (non-hydrogen) atoms. The number of carboxylic acid groups (broad SMARTS) is 1. The van der Waals surface area contributed by atoms with E-state index in [-0.39, 0.29) is 18.5 Å². The molecule has 0 spiro atoms. The number of carbonyl (C=O) groups excluding carboxylic acids is 2. The van der Waals surface area contributed by atoms with Gasteiger partial charge in [0.25, 0.3) is 0 Å². The van der Waals surface area contributed by atoms with Crippen LogP contribution in [0.5, 0.6) is 0 Å². The maximum absolute atomic E-state index is 11.7. The van der Waals surface area contributed by atoms with E-state index in [2.05, 4.69) is 16.0 Å². The Morgan fingerprint density at radius 1 is 1.30 bits per heavy atom. The fraction of sp³-hybridized carbons (Fsp3) is 0.769. The van der Waals surface area contributed by atoms with Crippen molar-refractivity contribution in [3.05, 3.63) is 0 Å². The van der Waals surface area contributed by atoms with Crippen molar-refractivity contribution in [1.82, 2.24) is 16.0 Å². The zero-order valence-electron chi connectivity index (χ0n) is 11.6. The fourth-order valence-corrected chi connectivity index (χ4v) is 2.19. The number of hydrogen-bond donors (Lipinski definition) is 4. The minimum atomic E-state index is -0.872. The number of carboxylic acids is 1. The summed E-state index contributed by atoms with van der Waals surface area (Å²) in [5, 5.41) is 17.0. The molecular formula is C13H21N3O4. The van der Waals surface area contributed by atoms with Gasteiger partial charge in [0.1, 0.15) is 6.04 Å². The Balaban J connectivity index is 1.71. The lowest BCUT2D eigenvalue weighted by Crippen LogP contribution is -2.53. The average Bonchev–Trinajstić information content (AvgIpc) is 3.10. The molecule has 2 aliphatic carbocycles. The molecule has 2 rings (SSSR count). The zero-order chi connectivity index (χ0) is 14.8. The molecule has 1 atom stereocenters. The summed E-state index contributed by atoms with van der Waals surface area (Å²) in [6.45, 7) is 1.71. The first-order valence-corrected chi connectivity index (χ1v) is 7.01. The second-order valence-corrected chi connectivity index (χ2v) is 5.77. The second-order valence-electron chi connectivity index (χ2n) is 5.77. The van der Waals surface area contributed by atoms with Crippen LogP contribution in [-0.2, 0) is 9.59 Å². The molecule has 0 heterocycles. The molecule has 112 valence electrons. The van der Waals surface area contributed by atoms with Gasteiger partial charge in [-0.1, -0.05) is 6.42 Å². The monoisotopic (exact) mass is 283 g/mol. The summed E-state index contributed by atoms with van der Waals surface area (Å²) >= 11 is 0. The number of urea groups is 1. The number of rotatable bonds is 6. The largest absolute Gasteiger partial charge is 0.481 e. The molecule has 7 heteroatoms. The van der Waals surface area contributed by atoms with E-state index >= 15 is 0 Å². The summed E-state index contributed by atoms with van der Waals surface area (Å²) in [6.07, 6.45) is 4.02. The van der Waals surface area contributed by atoms with Crippen LogP contribution in [0.15, 0.2) is 0 Å². The Hall–Kier alpha value is -1.79. The topological polar surface area (TPSA) is 108 Å². The number of aliphatic carboxylic acids is 1. The van der Waals surface area contributed by atoms with Gasteiger partial charge in [0.15, 0.2) is 0 Å². The van der Waals surface area contributed by atoms with Gasteiger partial charge in [-0.05, 0) is 32.6 Å². The quantitative estimate of drug-likeness (QED) is 0.559. The van der Waals surface area contributed by atoms with Crippen LogP contribution in [0.25, 0.3) is 0 Å². The fourth-order valence-electron chi connectivity index (χ4n) is 2.19. The van der Waals surface area contributed by atoms with Crippen LogP contribution in [-0.4, -0.2) is 41.6 Å². The highest BCUT2D eigenvalue weighted by molar-refractivity contribution is 5.87. The summed E-state index contributed by atoms with van der Waals surface area (Å²) in [7, 11) is 0. The van der Waals surface area contributed by atoms with Crippen molar-refractivity contribution >= 4 is 17.9 Å². The van der Waals surface area contributed by atoms with Crippen LogP contribution >= 0.6 is 0 Å². The van der Waals surface area contributed by atoms with E-state index in [4.69, 9.17) is 5.11 Å². The van der Waals surface area contributed by atoms with Crippen LogP contribution in [0, 0.1) is 5.41 Å². The molecule has 2 fully saturated rings. The minimum absolute atomic E-state index is 0.102. The molecule has 0 aromatic carbocycles. The number of nitrogens with one attached hydrogen (secondary N) is 3. The molecule has 1 unspecified atom stereocenters. The molecular weight excluding hydrogens is 262 g/mol. The summed E-state index contributed by atoms with van der Waals surface area (Å²) < 4.78 is 0. The molecule has 7 nitrogen and oxygen atoms in total. The van der Waals surface area contributed by atoms with Gasteiger partial charge in [-0.2, -0.15) is 0 Å². The van der Waals surface area contributed by atoms with E-state index < -0.39 is 23.5 Å². The maximum atomic E-state index is 11.7. The molecule has 0 bridgehead atoms. The molecule has 4 N–H and O–H groups in total. The SMILES string of the molecule is CC(NC(=O)NCC1(C(=O)O)CCC1)C(=O)NC1CC1. The van der Waals surface area contributed by atoms with Crippen molar-refractivity contribution in [2.75, 3.05) is 6.54 Å². The first kappa shape index (κ1) is 14.6. The van der Waals surface area contributed by atoms with Crippen molar-refractivity contribution in [3.63, 3.8) is 0 Å². The van der Waals surface area contributed by atoms with Gasteiger partial charge in [0.2, 0.25) is 5.91 Å². The van der Waals surface area contributed by atoms with Gasteiger partial charge < -0.3 is 21.1 Å². The molecule has 0 aliphatic heterocycles. The van der Waals surface area contributed by atoms with Crippen molar-refractivity contribution < 1.29 is 19.5 Å². The third-order valence-electron chi connectivity index (χ3n) is 4.02. The average molecular weight is 283 g/mol. The Labute approximate surface area is 117 Å². The van der Waals surface area contributed by atoms with Crippen LogP contribution in [0.2, 0.25) is 0 Å². The normalized spacial score (nSPS) is 21.2. The predicted molar refractivity (Wildman–Crippen MR) is 71.1 cm³/mol. The van der Waals surface area contributed by atoms with Gasteiger partial charge in [-0.15, -0.1) is 0 Å². The van der Waals surface area contributed by atoms with Crippen LogP contribution in [0.1, 0.15) is 39.0 Å². The molecule has 3 amide bonds. The summed E-state index contributed by atoms with van der Waals surface area (Å²) in [5.41, 5.74) is -0.823. The van der Waals surface area contributed by atoms with E-state index in [1.54, 1.807) is 6.92 Å². The van der Waals surface area contributed by atoms with Crippen molar-refractivity contribution in [3.8, 4) is 0 Å². The predicted octanol–water partition coefficient (Wildman–Crippen LogP) is 0.208. The van der Waals surface area contributed by atoms with Gasteiger partial charge in [0, 0.05) is 12.6 Å². The van der Waals surface area contributed by atoms with Crippen LogP contribution in [0.3, 0.4) is 0 Å². The Kier molecular flexibility index (Phi) is 4.15. The van der Waals surface area contributed by atoms with Gasteiger partial charge >= 0.3 is 12.0 Å². The Morgan fingerprint density at radius 2 is 1.95 bits per heavy atom. The highest BCUT2D eigenvalue weighted by Gasteiger charge is 2.44. The van der Waals surface area contributed by atoms with Gasteiger partial charge in [-0.3, -0.25) is 9.59 Å². The molecule has 0 saturated heterocycles. The maximum Gasteiger partial charge on any atom is 0.315 e. The van der Waals surface area contributed by atoms with E-state index in [0.717, 1.165) is 19.3 Å². The second kappa shape index (κ2) is 5.68. The molecule has 2 aliphatic rings. The Bertz CT molecular complexity index is 416. The summed E-state index contributed by atoms with van der Waals surface area (Å²) in [4.78, 5) is 34.5. The third-order valence-corrected chi connectivity index (χ3v) is 4.02. The molecule has 0 aromatic rings. The molecule has 0 aromatic heterocycles. The lowest BCUT2D eigenvalue weighted by molar-refractivity contribution is -0.153. The van der Waals surface area contributed by atoms with Crippen LogP contribution in [0.4, 0.5) is 4.79 Å². The number of carbonyl (C=O) groups is 3. The molecule has 0 radical (unpaired) electrons. The lowest BCUT2D eigenvalue weighted by Gasteiger charge is -2.37. The standard InChI is InChI=1S/C13H21N3O4/c1-8(10(17)16-9-3-4-9)15-12(20)14-7-13(11(18)19)5-2-6-13/h8-9H,2-7H2,1H3,(H,16,17)(H,18,19)(H2,14,15,20). The first-order valence-electron chi connectivity index (χ1n) is 7.01. The third kappa shape index (κ3) is 3.40. The number of amides is 3.